The third kappa shape index (κ3) is 3.78. The molecule has 1 unspecified atom stereocenters. The molecule has 0 spiro atoms. The number of hydrogen-bond donors (Lipinski definition) is 3. The van der Waals surface area contributed by atoms with Crippen LogP contribution in [-0.4, -0.2) is 17.3 Å². The molecule has 1 aliphatic carbocycles. The molecule has 0 amide bonds. The van der Waals surface area contributed by atoms with Crippen molar-refractivity contribution in [1.29, 1.82) is 0 Å². The van der Waals surface area contributed by atoms with Crippen LogP contribution in [0.3, 0.4) is 0 Å². The topological polar surface area (TPSA) is 0 Å². The smallest absolute Gasteiger partial charge is 0.00925 e. The van der Waals surface area contributed by atoms with Gasteiger partial charge in [0.1, 0.15) is 0 Å². The highest BCUT2D eigenvalue weighted by Gasteiger charge is 2.38. The first-order chi connectivity index (χ1) is 7.29. The molecular formula is C12H24S3. The van der Waals surface area contributed by atoms with Crippen molar-refractivity contribution >= 4 is 37.9 Å². The van der Waals surface area contributed by atoms with E-state index in [0.29, 0.717) is 5.41 Å². The molecular weight excluding hydrogens is 240 g/mol. The van der Waals surface area contributed by atoms with Gasteiger partial charge < -0.3 is 0 Å². The van der Waals surface area contributed by atoms with Gasteiger partial charge in [0.15, 0.2) is 0 Å². The fourth-order valence-electron chi connectivity index (χ4n) is 3.21. The van der Waals surface area contributed by atoms with Gasteiger partial charge in [0.05, 0.1) is 0 Å². The zero-order valence-corrected chi connectivity index (χ0v) is 12.2. The molecule has 0 nitrogen and oxygen atoms in total. The monoisotopic (exact) mass is 264 g/mol. The highest BCUT2D eigenvalue weighted by Crippen LogP contribution is 2.48. The number of thiol groups is 3. The van der Waals surface area contributed by atoms with Crippen LogP contribution in [0.4, 0.5) is 0 Å². The first-order valence-electron chi connectivity index (χ1n) is 6.11. The Morgan fingerprint density at radius 3 is 2.13 bits per heavy atom. The molecule has 0 radical (unpaired) electrons. The summed E-state index contributed by atoms with van der Waals surface area (Å²) in [6.07, 6.45) is 9.45. The van der Waals surface area contributed by atoms with E-state index in [1.807, 2.05) is 0 Å². The summed E-state index contributed by atoms with van der Waals surface area (Å²) in [6.45, 7) is 0. The Hall–Kier alpha value is 1.05. The molecule has 3 heteroatoms. The molecule has 1 saturated carbocycles. The minimum absolute atomic E-state index is 0.546. The minimum Gasteiger partial charge on any atom is -0.179 e. The van der Waals surface area contributed by atoms with Gasteiger partial charge in [0.2, 0.25) is 0 Å². The summed E-state index contributed by atoms with van der Waals surface area (Å²) < 4.78 is 0. The van der Waals surface area contributed by atoms with Crippen LogP contribution in [0.2, 0.25) is 0 Å². The van der Waals surface area contributed by atoms with Crippen LogP contribution in [-0.2, 0) is 0 Å². The molecule has 1 atom stereocenters. The van der Waals surface area contributed by atoms with Gasteiger partial charge in [-0.05, 0) is 60.7 Å². The molecule has 0 N–H and O–H groups in total. The maximum atomic E-state index is 4.44. The van der Waals surface area contributed by atoms with Gasteiger partial charge in [0.25, 0.3) is 0 Å². The van der Waals surface area contributed by atoms with E-state index in [4.69, 9.17) is 0 Å². The second-order valence-electron chi connectivity index (χ2n) is 4.76. The Bertz CT molecular complexity index is 157. The van der Waals surface area contributed by atoms with E-state index in [2.05, 4.69) is 37.9 Å². The Balaban J connectivity index is 2.68. The summed E-state index contributed by atoms with van der Waals surface area (Å²) in [5, 5.41) is 0. The molecule has 0 aromatic heterocycles. The van der Waals surface area contributed by atoms with E-state index in [1.165, 1.54) is 44.9 Å². The van der Waals surface area contributed by atoms with E-state index in [-0.39, 0.29) is 0 Å². The average Bonchev–Trinajstić information content (AvgIpc) is 2.23. The van der Waals surface area contributed by atoms with E-state index in [0.717, 1.165) is 23.2 Å². The van der Waals surface area contributed by atoms with Gasteiger partial charge in [-0.1, -0.05) is 12.8 Å². The lowest BCUT2D eigenvalue weighted by molar-refractivity contribution is 0.0835. The van der Waals surface area contributed by atoms with E-state index in [1.54, 1.807) is 0 Å². The molecule has 0 aromatic carbocycles. The van der Waals surface area contributed by atoms with Crippen LogP contribution >= 0.6 is 37.9 Å². The molecule has 0 saturated heterocycles. The quantitative estimate of drug-likeness (QED) is 0.591. The fourth-order valence-corrected chi connectivity index (χ4v) is 4.42. The Labute approximate surface area is 111 Å². The van der Waals surface area contributed by atoms with Crippen molar-refractivity contribution in [2.45, 2.75) is 44.9 Å². The number of rotatable bonds is 6. The second kappa shape index (κ2) is 7.39. The molecule has 15 heavy (non-hydrogen) atoms. The molecule has 0 aromatic rings. The lowest BCUT2D eigenvalue weighted by Gasteiger charge is -2.44. The predicted molar refractivity (Wildman–Crippen MR) is 79.8 cm³/mol. The van der Waals surface area contributed by atoms with Crippen molar-refractivity contribution in [2.24, 2.45) is 11.3 Å². The van der Waals surface area contributed by atoms with Crippen molar-refractivity contribution in [3.05, 3.63) is 0 Å². The Kier molecular flexibility index (Phi) is 6.95. The molecule has 1 rings (SSSR count). The van der Waals surface area contributed by atoms with Crippen LogP contribution in [0.1, 0.15) is 44.9 Å². The van der Waals surface area contributed by atoms with E-state index in [9.17, 15) is 0 Å². The normalized spacial score (nSPS) is 25.4. The fraction of sp³-hybridized carbons (Fsp3) is 1.00. The van der Waals surface area contributed by atoms with Gasteiger partial charge in [-0.3, -0.25) is 0 Å². The first kappa shape index (κ1) is 14.1. The maximum Gasteiger partial charge on any atom is -0.00925 e. The largest absolute Gasteiger partial charge is 0.179 e. The lowest BCUT2D eigenvalue weighted by atomic mass is 9.62. The van der Waals surface area contributed by atoms with Gasteiger partial charge in [-0.15, -0.1) is 0 Å². The Morgan fingerprint density at radius 1 is 0.933 bits per heavy atom. The third-order valence-electron chi connectivity index (χ3n) is 4.04. The molecule has 90 valence electrons. The van der Waals surface area contributed by atoms with Gasteiger partial charge in [0, 0.05) is 0 Å². The zero-order valence-electron chi connectivity index (χ0n) is 9.49. The van der Waals surface area contributed by atoms with E-state index < -0.39 is 0 Å². The summed E-state index contributed by atoms with van der Waals surface area (Å²) in [5.74, 6) is 3.96. The van der Waals surface area contributed by atoms with Crippen LogP contribution < -0.4 is 0 Å². The summed E-state index contributed by atoms with van der Waals surface area (Å²) >= 11 is 13.3. The van der Waals surface area contributed by atoms with Crippen molar-refractivity contribution in [3.63, 3.8) is 0 Å². The number of hydrogen-bond acceptors (Lipinski definition) is 3. The van der Waals surface area contributed by atoms with Crippen LogP contribution in [0.15, 0.2) is 0 Å². The van der Waals surface area contributed by atoms with Gasteiger partial charge >= 0.3 is 0 Å². The van der Waals surface area contributed by atoms with Crippen molar-refractivity contribution < 1.29 is 0 Å². The summed E-state index contributed by atoms with van der Waals surface area (Å²) in [5.41, 5.74) is 0.546. The van der Waals surface area contributed by atoms with Gasteiger partial charge in [-0.25, -0.2) is 0 Å². The standard InChI is InChI=1S/C12H24S3/c13-8-4-11-3-1-2-5-12(11,6-9-14)7-10-15/h11,13-15H,1-10H2. The highest BCUT2D eigenvalue weighted by molar-refractivity contribution is 7.80. The van der Waals surface area contributed by atoms with Crippen molar-refractivity contribution in [2.75, 3.05) is 17.3 Å². The first-order valence-corrected chi connectivity index (χ1v) is 8.01. The Morgan fingerprint density at radius 2 is 1.60 bits per heavy atom. The van der Waals surface area contributed by atoms with Crippen molar-refractivity contribution in [3.8, 4) is 0 Å². The predicted octanol–water partition coefficient (Wildman–Crippen LogP) is 4.12. The molecule has 0 heterocycles. The highest BCUT2D eigenvalue weighted by atomic mass is 32.1. The average molecular weight is 265 g/mol. The summed E-state index contributed by atoms with van der Waals surface area (Å²) in [6, 6.07) is 0. The van der Waals surface area contributed by atoms with Gasteiger partial charge in [-0.2, -0.15) is 37.9 Å². The maximum absolute atomic E-state index is 4.44. The third-order valence-corrected chi connectivity index (χ3v) is 4.75. The minimum atomic E-state index is 0.546. The molecule has 0 bridgehead atoms. The summed E-state index contributed by atoms with van der Waals surface area (Å²) in [4.78, 5) is 0. The van der Waals surface area contributed by atoms with Crippen LogP contribution in [0.5, 0.6) is 0 Å². The van der Waals surface area contributed by atoms with Crippen molar-refractivity contribution in [1.82, 2.24) is 0 Å². The second-order valence-corrected chi connectivity index (χ2v) is 6.11. The van der Waals surface area contributed by atoms with Crippen LogP contribution in [0.25, 0.3) is 0 Å². The summed E-state index contributed by atoms with van der Waals surface area (Å²) in [7, 11) is 0. The lowest BCUT2D eigenvalue weighted by Crippen LogP contribution is -2.35. The van der Waals surface area contributed by atoms with E-state index >= 15 is 0 Å². The SMILES string of the molecule is SCCC1CCCCC1(CCS)CCS. The van der Waals surface area contributed by atoms with Crippen LogP contribution in [0, 0.1) is 11.3 Å². The molecule has 1 aliphatic rings. The zero-order chi connectivity index (χ0) is 11.1. The molecule has 0 aliphatic heterocycles. The molecule has 1 fully saturated rings.